The molecule has 0 radical (unpaired) electrons. The van der Waals surface area contributed by atoms with Gasteiger partial charge in [-0.3, -0.25) is 4.79 Å². The molecule has 1 amide bonds. The van der Waals surface area contributed by atoms with Crippen LogP contribution < -0.4 is 5.32 Å². The molecule has 1 N–H and O–H groups in total. The van der Waals surface area contributed by atoms with Crippen molar-refractivity contribution in [1.82, 2.24) is 4.98 Å². The van der Waals surface area contributed by atoms with Gasteiger partial charge < -0.3 is 10.1 Å². The number of hydrogen-bond donors (Lipinski definition) is 1. The average Bonchev–Trinajstić information content (AvgIpc) is 3.28. The van der Waals surface area contributed by atoms with Crippen molar-refractivity contribution in [3.63, 3.8) is 0 Å². The number of nitrogens with one attached hydrogen (secondary N) is 1. The smallest absolute Gasteiger partial charge is 0.341 e. The standard InChI is InChI=1S/C16H15FN2O3S/c1-2-22-16(21)13-11(9-3-4-9)8-23-15(13)19-14(20)10-5-6-18-12(17)7-10/h5-9H,2-4H2,1H3,(H,19,20). The fourth-order valence-electron chi connectivity index (χ4n) is 2.29. The van der Waals surface area contributed by atoms with Gasteiger partial charge in [0.25, 0.3) is 5.91 Å². The summed E-state index contributed by atoms with van der Waals surface area (Å²) < 4.78 is 18.2. The van der Waals surface area contributed by atoms with Crippen molar-refractivity contribution in [1.29, 1.82) is 0 Å². The van der Waals surface area contributed by atoms with Crippen molar-refractivity contribution in [3.05, 3.63) is 46.3 Å². The molecule has 23 heavy (non-hydrogen) atoms. The second-order valence-corrected chi connectivity index (χ2v) is 6.09. The summed E-state index contributed by atoms with van der Waals surface area (Å²) in [4.78, 5) is 27.9. The fraction of sp³-hybridized carbons (Fsp3) is 0.312. The minimum absolute atomic E-state index is 0.147. The molecule has 2 aromatic rings. The molecule has 0 spiro atoms. The van der Waals surface area contributed by atoms with Gasteiger partial charge in [0, 0.05) is 17.8 Å². The highest BCUT2D eigenvalue weighted by Gasteiger charge is 2.32. The van der Waals surface area contributed by atoms with Gasteiger partial charge in [-0.1, -0.05) is 0 Å². The highest BCUT2D eigenvalue weighted by molar-refractivity contribution is 7.15. The van der Waals surface area contributed by atoms with Crippen LogP contribution >= 0.6 is 11.3 Å². The quantitative estimate of drug-likeness (QED) is 0.670. The van der Waals surface area contributed by atoms with Crippen LogP contribution in [0.2, 0.25) is 0 Å². The molecule has 7 heteroatoms. The number of carbonyl (C=O) groups excluding carboxylic acids is 2. The van der Waals surface area contributed by atoms with Crippen LogP contribution in [-0.2, 0) is 4.74 Å². The Morgan fingerprint density at radius 2 is 2.26 bits per heavy atom. The maximum atomic E-state index is 13.1. The summed E-state index contributed by atoms with van der Waals surface area (Å²) in [5, 5.41) is 5.00. The Morgan fingerprint density at radius 1 is 1.48 bits per heavy atom. The Bertz CT molecular complexity index is 756. The van der Waals surface area contributed by atoms with E-state index in [0.717, 1.165) is 24.5 Å². The van der Waals surface area contributed by atoms with Gasteiger partial charge in [-0.15, -0.1) is 11.3 Å². The molecule has 0 unspecified atom stereocenters. The molecule has 0 bridgehead atoms. The van der Waals surface area contributed by atoms with E-state index in [-0.39, 0.29) is 12.2 Å². The van der Waals surface area contributed by atoms with Crippen LogP contribution in [0.5, 0.6) is 0 Å². The monoisotopic (exact) mass is 334 g/mol. The molecule has 2 heterocycles. The summed E-state index contributed by atoms with van der Waals surface area (Å²) >= 11 is 1.28. The number of carbonyl (C=O) groups is 2. The van der Waals surface area contributed by atoms with Gasteiger partial charge >= 0.3 is 5.97 Å². The highest BCUT2D eigenvalue weighted by Crippen LogP contribution is 2.46. The number of anilines is 1. The number of esters is 1. The molecule has 1 fully saturated rings. The number of amides is 1. The number of thiophene rings is 1. The van der Waals surface area contributed by atoms with Crippen molar-refractivity contribution >= 4 is 28.2 Å². The normalized spacial score (nSPS) is 13.7. The van der Waals surface area contributed by atoms with Gasteiger partial charge in [-0.2, -0.15) is 4.39 Å². The first kappa shape index (κ1) is 15.6. The molecule has 0 aliphatic heterocycles. The number of nitrogens with zero attached hydrogens (tertiary/aromatic N) is 1. The van der Waals surface area contributed by atoms with Gasteiger partial charge in [0.1, 0.15) is 5.00 Å². The lowest BCUT2D eigenvalue weighted by molar-refractivity contribution is 0.0527. The Labute approximate surface area is 136 Å². The summed E-state index contributed by atoms with van der Waals surface area (Å²) in [7, 11) is 0. The number of rotatable bonds is 5. The van der Waals surface area contributed by atoms with Crippen molar-refractivity contribution < 1.29 is 18.7 Å². The molecular weight excluding hydrogens is 319 g/mol. The average molecular weight is 334 g/mol. The van der Waals surface area contributed by atoms with Crippen LogP contribution in [0.25, 0.3) is 0 Å². The van der Waals surface area contributed by atoms with E-state index < -0.39 is 17.8 Å². The van der Waals surface area contributed by atoms with Gasteiger partial charge in [0.2, 0.25) is 5.95 Å². The van der Waals surface area contributed by atoms with Crippen molar-refractivity contribution in [2.45, 2.75) is 25.7 Å². The molecule has 1 aliphatic carbocycles. The van der Waals surface area contributed by atoms with Gasteiger partial charge in [0.05, 0.1) is 12.2 Å². The zero-order valence-electron chi connectivity index (χ0n) is 12.5. The molecule has 5 nitrogen and oxygen atoms in total. The van der Waals surface area contributed by atoms with E-state index in [1.165, 1.54) is 23.6 Å². The molecule has 120 valence electrons. The Morgan fingerprint density at radius 3 is 2.91 bits per heavy atom. The van der Waals surface area contributed by atoms with E-state index in [9.17, 15) is 14.0 Å². The molecule has 1 aliphatic rings. The SMILES string of the molecule is CCOC(=O)c1c(C2CC2)csc1NC(=O)c1ccnc(F)c1. The zero-order chi connectivity index (χ0) is 16.4. The Hall–Kier alpha value is -2.28. The highest BCUT2D eigenvalue weighted by atomic mass is 32.1. The predicted molar refractivity (Wildman–Crippen MR) is 84.4 cm³/mol. The van der Waals surface area contributed by atoms with Crippen LogP contribution in [0.1, 0.15) is 52.0 Å². The molecule has 0 saturated heterocycles. The number of aromatic nitrogens is 1. The zero-order valence-corrected chi connectivity index (χ0v) is 13.3. The maximum absolute atomic E-state index is 13.1. The summed E-state index contributed by atoms with van der Waals surface area (Å²) in [6.07, 6.45) is 3.29. The van der Waals surface area contributed by atoms with Gasteiger partial charge in [0.15, 0.2) is 0 Å². The van der Waals surface area contributed by atoms with Crippen LogP contribution in [0.4, 0.5) is 9.39 Å². The van der Waals surface area contributed by atoms with Crippen LogP contribution in [-0.4, -0.2) is 23.5 Å². The fourth-order valence-corrected chi connectivity index (χ4v) is 3.32. The lowest BCUT2D eigenvalue weighted by atomic mass is 10.1. The topological polar surface area (TPSA) is 68.3 Å². The number of halogens is 1. The van der Waals surface area contributed by atoms with Gasteiger partial charge in [-0.25, -0.2) is 9.78 Å². The third-order valence-electron chi connectivity index (χ3n) is 3.53. The lowest BCUT2D eigenvalue weighted by Crippen LogP contribution is -2.15. The van der Waals surface area contributed by atoms with Gasteiger partial charge in [-0.05, 0) is 42.7 Å². The maximum Gasteiger partial charge on any atom is 0.341 e. The molecule has 0 atom stereocenters. The Balaban J connectivity index is 1.87. The summed E-state index contributed by atoms with van der Waals surface area (Å²) in [6.45, 7) is 2.00. The predicted octanol–water partition coefficient (Wildman–Crippen LogP) is 3.59. The molecule has 1 saturated carbocycles. The summed E-state index contributed by atoms with van der Waals surface area (Å²) in [5.74, 6) is -1.30. The van der Waals surface area contributed by atoms with E-state index in [1.807, 2.05) is 5.38 Å². The van der Waals surface area contributed by atoms with Crippen molar-refractivity contribution in [3.8, 4) is 0 Å². The number of pyridine rings is 1. The number of hydrogen-bond acceptors (Lipinski definition) is 5. The first-order chi connectivity index (χ1) is 11.1. The second-order valence-electron chi connectivity index (χ2n) is 5.21. The summed E-state index contributed by atoms with van der Waals surface area (Å²) in [5.41, 5.74) is 1.49. The van der Waals surface area contributed by atoms with Crippen LogP contribution in [0.15, 0.2) is 23.7 Å². The van der Waals surface area contributed by atoms with Crippen molar-refractivity contribution in [2.24, 2.45) is 0 Å². The van der Waals surface area contributed by atoms with E-state index >= 15 is 0 Å². The first-order valence-corrected chi connectivity index (χ1v) is 8.19. The minimum Gasteiger partial charge on any atom is -0.462 e. The van der Waals surface area contributed by atoms with E-state index in [2.05, 4.69) is 10.3 Å². The van der Waals surface area contributed by atoms with E-state index in [0.29, 0.717) is 16.5 Å². The van der Waals surface area contributed by atoms with Crippen LogP contribution in [0, 0.1) is 5.95 Å². The first-order valence-electron chi connectivity index (χ1n) is 7.31. The molecule has 2 aromatic heterocycles. The number of ether oxygens (including phenoxy) is 1. The Kier molecular flexibility index (Phi) is 4.38. The lowest BCUT2D eigenvalue weighted by Gasteiger charge is -2.08. The third kappa shape index (κ3) is 3.39. The second kappa shape index (κ2) is 6.45. The molecule has 3 rings (SSSR count). The molecular formula is C16H15FN2O3S. The van der Waals surface area contributed by atoms with E-state index in [1.54, 1.807) is 6.92 Å². The van der Waals surface area contributed by atoms with Crippen LogP contribution in [0.3, 0.4) is 0 Å². The molecule has 0 aromatic carbocycles. The summed E-state index contributed by atoms with van der Waals surface area (Å²) in [6, 6.07) is 2.46. The minimum atomic E-state index is -0.729. The van der Waals surface area contributed by atoms with Crippen molar-refractivity contribution in [2.75, 3.05) is 11.9 Å². The largest absolute Gasteiger partial charge is 0.462 e. The van der Waals surface area contributed by atoms with E-state index in [4.69, 9.17) is 4.74 Å². The third-order valence-corrected chi connectivity index (χ3v) is 4.45.